The molecule has 0 spiro atoms. The lowest BCUT2D eigenvalue weighted by atomic mass is 10.2. The van der Waals surface area contributed by atoms with E-state index in [-0.39, 0.29) is 5.69 Å². The average Bonchev–Trinajstić information content (AvgIpc) is 2.38. The molecule has 2 rings (SSSR count). The van der Waals surface area contributed by atoms with Gasteiger partial charge in [-0.2, -0.15) is 0 Å². The van der Waals surface area contributed by atoms with Gasteiger partial charge >= 0.3 is 0 Å². The fourth-order valence-corrected chi connectivity index (χ4v) is 1.64. The molecular formula is C13H13N3O2. The molecule has 0 aliphatic carbocycles. The van der Waals surface area contributed by atoms with Crippen LogP contribution in [-0.2, 0) is 6.54 Å². The van der Waals surface area contributed by atoms with Gasteiger partial charge in [0.25, 0.3) is 5.69 Å². The zero-order chi connectivity index (χ0) is 13.0. The highest BCUT2D eigenvalue weighted by molar-refractivity contribution is 5.44. The number of aromatic nitrogens is 1. The van der Waals surface area contributed by atoms with Gasteiger partial charge in [0.05, 0.1) is 4.92 Å². The molecule has 0 unspecified atom stereocenters. The SMILES string of the molecule is Cc1cccnc1NCc1cccc([N+](=O)[O-])c1. The lowest BCUT2D eigenvalue weighted by Gasteiger charge is -2.07. The van der Waals surface area contributed by atoms with Crippen LogP contribution in [0.5, 0.6) is 0 Å². The lowest BCUT2D eigenvalue weighted by Crippen LogP contribution is -2.03. The number of hydrogen-bond acceptors (Lipinski definition) is 4. The predicted octanol–water partition coefficient (Wildman–Crippen LogP) is 2.91. The van der Waals surface area contributed by atoms with Crippen LogP contribution in [0.25, 0.3) is 0 Å². The Balaban J connectivity index is 2.09. The predicted molar refractivity (Wildman–Crippen MR) is 69.4 cm³/mol. The normalized spacial score (nSPS) is 10.1. The maximum absolute atomic E-state index is 10.7. The molecule has 5 heteroatoms. The van der Waals surface area contributed by atoms with Crippen molar-refractivity contribution in [3.8, 4) is 0 Å². The van der Waals surface area contributed by atoms with Gasteiger partial charge in [-0.3, -0.25) is 10.1 Å². The number of non-ortho nitro benzene ring substituents is 1. The molecular weight excluding hydrogens is 230 g/mol. The van der Waals surface area contributed by atoms with Crippen LogP contribution >= 0.6 is 0 Å². The Bertz CT molecular complexity index is 570. The molecule has 0 fully saturated rings. The van der Waals surface area contributed by atoms with Gasteiger partial charge in [-0.1, -0.05) is 18.2 Å². The molecule has 0 amide bonds. The van der Waals surface area contributed by atoms with Crippen molar-refractivity contribution < 1.29 is 4.92 Å². The smallest absolute Gasteiger partial charge is 0.269 e. The fraction of sp³-hybridized carbons (Fsp3) is 0.154. The number of nitrogens with one attached hydrogen (secondary N) is 1. The Labute approximate surface area is 105 Å². The molecule has 18 heavy (non-hydrogen) atoms. The number of pyridine rings is 1. The number of anilines is 1. The van der Waals surface area contributed by atoms with Gasteiger partial charge in [-0.05, 0) is 24.1 Å². The summed E-state index contributed by atoms with van der Waals surface area (Å²) in [4.78, 5) is 14.5. The lowest BCUT2D eigenvalue weighted by molar-refractivity contribution is -0.384. The van der Waals surface area contributed by atoms with E-state index < -0.39 is 4.92 Å². The van der Waals surface area contributed by atoms with Crippen molar-refractivity contribution in [2.75, 3.05) is 5.32 Å². The molecule has 5 nitrogen and oxygen atoms in total. The molecule has 0 aliphatic rings. The standard InChI is InChI=1S/C13H13N3O2/c1-10-4-3-7-14-13(10)15-9-11-5-2-6-12(8-11)16(17)18/h2-8H,9H2,1H3,(H,14,15). The summed E-state index contributed by atoms with van der Waals surface area (Å²) in [5.41, 5.74) is 2.00. The van der Waals surface area contributed by atoms with Crippen LogP contribution in [0.2, 0.25) is 0 Å². The van der Waals surface area contributed by atoms with E-state index >= 15 is 0 Å². The molecule has 0 bridgehead atoms. The fourth-order valence-electron chi connectivity index (χ4n) is 1.64. The van der Waals surface area contributed by atoms with E-state index in [4.69, 9.17) is 0 Å². The zero-order valence-corrected chi connectivity index (χ0v) is 9.96. The van der Waals surface area contributed by atoms with Crippen molar-refractivity contribution in [3.63, 3.8) is 0 Å². The monoisotopic (exact) mass is 243 g/mol. The van der Waals surface area contributed by atoms with Crippen molar-refractivity contribution >= 4 is 11.5 Å². The number of rotatable bonds is 4. The van der Waals surface area contributed by atoms with Crippen LogP contribution in [0.1, 0.15) is 11.1 Å². The third-order valence-electron chi connectivity index (χ3n) is 2.59. The van der Waals surface area contributed by atoms with Gasteiger partial charge in [0.2, 0.25) is 0 Å². The summed E-state index contributed by atoms with van der Waals surface area (Å²) >= 11 is 0. The topological polar surface area (TPSA) is 68.1 Å². The Morgan fingerprint density at radius 2 is 2.17 bits per heavy atom. The first-order valence-electron chi connectivity index (χ1n) is 5.55. The first-order chi connectivity index (χ1) is 8.66. The summed E-state index contributed by atoms with van der Waals surface area (Å²) < 4.78 is 0. The summed E-state index contributed by atoms with van der Waals surface area (Å²) in [6.07, 6.45) is 1.71. The number of nitro groups is 1. The van der Waals surface area contributed by atoms with Crippen LogP contribution in [0.3, 0.4) is 0 Å². The third kappa shape index (κ3) is 2.82. The van der Waals surface area contributed by atoms with Gasteiger partial charge in [0.15, 0.2) is 0 Å². The molecule has 1 aromatic heterocycles. The molecule has 1 aromatic carbocycles. The van der Waals surface area contributed by atoms with Gasteiger partial charge < -0.3 is 5.32 Å². The number of aryl methyl sites for hydroxylation is 1. The molecule has 0 radical (unpaired) electrons. The molecule has 2 aromatic rings. The van der Waals surface area contributed by atoms with Crippen molar-refractivity contribution in [3.05, 3.63) is 63.8 Å². The van der Waals surface area contributed by atoms with Gasteiger partial charge in [0, 0.05) is 24.9 Å². The number of nitro benzene ring substituents is 1. The highest BCUT2D eigenvalue weighted by Crippen LogP contribution is 2.15. The van der Waals surface area contributed by atoms with Crippen molar-refractivity contribution in [1.82, 2.24) is 4.98 Å². The second-order valence-corrected chi connectivity index (χ2v) is 3.95. The maximum Gasteiger partial charge on any atom is 0.269 e. The van der Waals surface area contributed by atoms with E-state index in [1.54, 1.807) is 18.3 Å². The van der Waals surface area contributed by atoms with Crippen molar-refractivity contribution in [2.45, 2.75) is 13.5 Å². The van der Waals surface area contributed by atoms with Gasteiger partial charge in [-0.25, -0.2) is 4.98 Å². The minimum atomic E-state index is -0.393. The van der Waals surface area contributed by atoms with E-state index in [0.717, 1.165) is 16.9 Å². The third-order valence-corrected chi connectivity index (χ3v) is 2.59. The quantitative estimate of drug-likeness (QED) is 0.662. The Hall–Kier alpha value is -2.43. The average molecular weight is 243 g/mol. The maximum atomic E-state index is 10.7. The highest BCUT2D eigenvalue weighted by Gasteiger charge is 2.05. The highest BCUT2D eigenvalue weighted by atomic mass is 16.6. The molecule has 0 saturated carbocycles. The molecule has 1 heterocycles. The summed E-state index contributed by atoms with van der Waals surface area (Å²) in [6, 6.07) is 10.4. The molecule has 0 atom stereocenters. The minimum absolute atomic E-state index is 0.104. The number of hydrogen-bond donors (Lipinski definition) is 1. The minimum Gasteiger partial charge on any atom is -0.366 e. The summed E-state index contributed by atoms with van der Waals surface area (Å²) in [6.45, 7) is 2.47. The molecule has 92 valence electrons. The molecule has 0 saturated heterocycles. The van der Waals surface area contributed by atoms with Gasteiger partial charge in [0.1, 0.15) is 5.82 Å². The second-order valence-electron chi connectivity index (χ2n) is 3.95. The van der Waals surface area contributed by atoms with E-state index in [1.165, 1.54) is 6.07 Å². The van der Waals surface area contributed by atoms with E-state index in [1.807, 2.05) is 25.1 Å². The summed E-state index contributed by atoms with van der Waals surface area (Å²) in [5.74, 6) is 0.795. The largest absolute Gasteiger partial charge is 0.366 e. The summed E-state index contributed by atoms with van der Waals surface area (Å²) in [7, 11) is 0. The molecule has 0 aliphatic heterocycles. The summed E-state index contributed by atoms with van der Waals surface area (Å²) in [5, 5.41) is 13.8. The van der Waals surface area contributed by atoms with Crippen LogP contribution in [0.15, 0.2) is 42.6 Å². The van der Waals surface area contributed by atoms with E-state index in [0.29, 0.717) is 6.54 Å². The van der Waals surface area contributed by atoms with Crippen LogP contribution in [-0.4, -0.2) is 9.91 Å². The second kappa shape index (κ2) is 5.27. The Morgan fingerprint density at radius 1 is 1.33 bits per heavy atom. The van der Waals surface area contributed by atoms with Crippen LogP contribution < -0.4 is 5.32 Å². The number of nitrogens with zero attached hydrogens (tertiary/aromatic N) is 2. The Morgan fingerprint density at radius 3 is 2.89 bits per heavy atom. The van der Waals surface area contributed by atoms with Crippen molar-refractivity contribution in [1.29, 1.82) is 0 Å². The number of benzene rings is 1. The van der Waals surface area contributed by atoms with Crippen LogP contribution in [0.4, 0.5) is 11.5 Å². The van der Waals surface area contributed by atoms with Gasteiger partial charge in [-0.15, -0.1) is 0 Å². The van der Waals surface area contributed by atoms with E-state index in [2.05, 4.69) is 10.3 Å². The van der Waals surface area contributed by atoms with Crippen LogP contribution in [0, 0.1) is 17.0 Å². The zero-order valence-electron chi connectivity index (χ0n) is 9.96. The first-order valence-corrected chi connectivity index (χ1v) is 5.55. The first kappa shape index (κ1) is 12.0. The van der Waals surface area contributed by atoms with Crippen molar-refractivity contribution in [2.24, 2.45) is 0 Å². The Kier molecular flexibility index (Phi) is 3.52. The molecule has 1 N–H and O–H groups in total. The van der Waals surface area contributed by atoms with E-state index in [9.17, 15) is 10.1 Å².